The lowest BCUT2D eigenvalue weighted by Crippen LogP contribution is -2.36. The van der Waals surface area contributed by atoms with Crippen LogP contribution in [0.2, 0.25) is 0 Å². The number of likely N-dealkylation sites (tertiary alicyclic amines) is 1. The Kier molecular flexibility index (Phi) is 11.0. The van der Waals surface area contributed by atoms with Gasteiger partial charge < -0.3 is 10.2 Å². The maximum Gasteiger partial charge on any atom is 0.126 e. The van der Waals surface area contributed by atoms with Gasteiger partial charge in [-0.1, -0.05) is 76.6 Å². The molecule has 1 aliphatic rings. The maximum absolute atomic E-state index is 12.8. The predicted octanol–water partition coefficient (Wildman–Crippen LogP) is 6.35. The lowest BCUT2D eigenvalue weighted by molar-refractivity contribution is 0.338. The summed E-state index contributed by atoms with van der Waals surface area (Å²) in [6.45, 7) is 21.7. The first-order valence-corrected chi connectivity index (χ1v) is 11.7. The average Bonchev–Trinajstić information content (AvgIpc) is 3.33. The first-order chi connectivity index (χ1) is 16.4. The van der Waals surface area contributed by atoms with E-state index in [0.717, 1.165) is 54.0 Å². The molecule has 1 aliphatic heterocycles. The van der Waals surface area contributed by atoms with E-state index in [1.54, 1.807) is 24.7 Å². The Balaban J connectivity index is 0.000000340. The molecular weight excluding hydrogens is 423 g/mol. The number of aromatic nitrogens is 2. The molecule has 1 fully saturated rings. The van der Waals surface area contributed by atoms with Crippen LogP contribution < -0.4 is 5.32 Å². The lowest BCUT2D eigenvalue weighted by Gasteiger charge is -2.30. The van der Waals surface area contributed by atoms with Gasteiger partial charge in [0.15, 0.2) is 0 Å². The van der Waals surface area contributed by atoms with Crippen molar-refractivity contribution in [3.05, 3.63) is 121 Å². The first-order valence-electron chi connectivity index (χ1n) is 11.7. The lowest BCUT2D eigenvalue weighted by atomic mass is 10.0. The molecular formula is C29H37FN4. The smallest absolute Gasteiger partial charge is 0.126 e. The van der Waals surface area contributed by atoms with E-state index in [9.17, 15) is 4.39 Å². The maximum atomic E-state index is 12.8. The predicted molar refractivity (Wildman–Crippen MR) is 141 cm³/mol. The zero-order chi connectivity index (χ0) is 24.9. The molecule has 0 spiro atoms. The molecule has 0 saturated carbocycles. The second kappa shape index (κ2) is 13.9. The monoisotopic (exact) mass is 460 g/mol. The summed E-state index contributed by atoms with van der Waals surface area (Å²) in [6, 6.07) is 9.09. The Hall–Kier alpha value is -3.47. The van der Waals surface area contributed by atoms with Crippen molar-refractivity contribution >= 4 is 0 Å². The highest BCUT2D eigenvalue weighted by molar-refractivity contribution is 5.25. The topological polar surface area (TPSA) is 41.0 Å². The van der Waals surface area contributed by atoms with Crippen LogP contribution in [0.4, 0.5) is 4.39 Å². The highest BCUT2D eigenvalue weighted by Gasteiger charge is 2.27. The third kappa shape index (κ3) is 8.14. The number of nitrogens with one attached hydrogen (secondary N) is 1. The second-order valence-corrected chi connectivity index (χ2v) is 8.53. The van der Waals surface area contributed by atoms with E-state index in [4.69, 9.17) is 0 Å². The van der Waals surface area contributed by atoms with Gasteiger partial charge in [-0.05, 0) is 42.0 Å². The largest absolute Gasteiger partial charge is 0.383 e. The summed E-state index contributed by atoms with van der Waals surface area (Å²) in [5.74, 6) is 0.179. The molecule has 34 heavy (non-hydrogen) atoms. The third-order valence-corrected chi connectivity index (χ3v) is 5.73. The quantitative estimate of drug-likeness (QED) is 0.420. The van der Waals surface area contributed by atoms with E-state index >= 15 is 0 Å². The molecule has 2 aromatic rings. The van der Waals surface area contributed by atoms with Gasteiger partial charge in [-0.3, -0.25) is 0 Å². The fourth-order valence-electron chi connectivity index (χ4n) is 3.87. The summed E-state index contributed by atoms with van der Waals surface area (Å²) in [5.41, 5.74) is 4.97. The van der Waals surface area contributed by atoms with Crippen molar-refractivity contribution in [2.75, 3.05) is 13.1 Å². The summed E-state index contributed by atoms with van der Waals surface area (Å²) in [5, 5.41) is 3.42. The van der Waals surface area contributed by atoms with E-state index in [0.29, 0.717) is 6.54 Å². The van der Waals surface area contributed by atoms with Crippen LogP contribution in [-0.2, 0) is 6.42 Å². The molecule has 1 atom stereocenters. The van der Waals surface area contributed by atoms with Gasteiger partial charge in [0.05, 0.1) is 6.04 Å². The van der Waals surface area contributed by atoms with Crippen LogP contribution in [0.25, 0.3) is 0 Å². The fraction of sp³-hybridized carbons (Fsp3) is 0.310. The minimum Gasteiger partial charge on any atom is -0.383 e. The van der Waals surface area contributed by atoms with E-state index in [1.165, 1.54) is 6.07 Å². The summed E-state index contributed by atoms with van der Waals surface area (Å²) in [6.07, 6.45) is 11.9. The van der Waals surface area contributed by atoms with Crippen LogP contribution in [0.1, 0.15) is 43.9 Å². The van der Waals surface area contributed by atoms with Crippen molar-refractivity contribution in [1.29, 1.82) is 0 Å². The average molecular weight is 461 g/mol. The summed E-state index contributed by atoms with van der Waals surface area (Å²) in [4.78, 5) is 10.6. The van der Waals surface area contributed by atoms with Gasteiger partial charge in [-0.15, -0.1) is 0 Å². The van der Waals surface area contributed by atoms with Crippen molar-refractivity contribution in [2.24, 2.45) is 0 Å². The number of hydrogen-bond donors (Lipinski definition) is 1. The standard InChI is InChI=1S/C20H26N4.C9H11F/c1-5-8-18(6-2)14-22-17(4)20-9-7-12-24(20)16(3)13-19-10-11-21-15-23-19;1-7(2)8-5-3-4-6-9(8)10/h5-6,8,10-11,15,20,22H,1-4,7,9,12-14H2;3-7H,1-2H3/b18-8+;. The Bertz CT molecular complexity index is 994. The van der Waals surface area contributed by atoms with Crippen molar-refractivity contribution in [2.45, 2.75) is 45.1 Å². The molecule has 0 radical (unpaired) electrons. The van der Waals surface area contributed by atoms with Crippen molar-refractivity contribution in [3.63, 3.8) is 0 Å². The van der Waals surface area contributed by atoms with E-state index in [2.05, 4.69) is 46.5 Å². The van der Waals surface area contributed by atoms with Crippen LogP contribution in [0.15, 0.2) is 104 Å². The van der Waals surface area contributed by atoms with Crippen molar-refractivity contribution in [1.82, 2.24) is 20.2 Å². The highest BCUT2D eigenvalue weighted by Crippen LogP contribution is 2.26. The molecule has 5 heteroatoms. The van der Waals surface area contributed by atoms with E-state index in [1.807, 2.05) is 44.2 Å². The molecule has 0 bridgehead atoms. The molecule has 1 unspecified atom stereocenters. The van der Waals surface area contributed by atoms with Crippen LogP contribution in [0.5, 0.6) is 0 Å². The number of hydrogen-bond acceptors (Lipinski definition) is 4. The second-order valence-electron chi connectivity index (χ2n) is 8.53. The molecule has 3 rings (SSSR count). The van der Waals surface area contributed by atoms with E-state index in [-0.39, 0.29) is 17.8 Å². The highest BCUT2D eigenvalue weighted by atomic mass is 19.1. The number of allylic oxidation sites excluding steroid dienone is 3. The molecule has 180 valence electrons. The Morgan fingerprint density at radius 2 is 2.00 bits per heavy atom. The summed E-state index contributed by atoms with van der Waals surface area (Å²) in [7, 11) is 0. The van der Waals surface area contributed by atoms with Gasteiger partial charge in [0.2, 0.25) is 0 Å². The van der Waals surface area contributed by atoms with Crippen LogP contribution in [0, 0.1) is 5.82 Å². The number of nitrogens with zero attached hydrogens (tertiary/aromatic N) is 3. The molecule has 1 aromatic carbocycles. The third-order valence-electron chi connectivity index (χ3n) is 5.73. The van der Waals surface area contributed by atoms with Crippen molar-refractivity contribution in [3.8, 4) is 0 Å². The normalized spacial score (nSPS) is 15.4. The minimum atomic E-state index is -0.0995. The van der Waals surface area contributed by atoms with Gasteiger partial charge >= 0.3 is 0 Å². The minimum absolute atomic E-state index is 0.0995. The van der Waals surface area contributed by atoms with Crippen molar-refractivity contribution < 1.29 is 4.39 Å². The summed E-state index contributed by atoms with van der Waals surface area (Å²) >= 11 is 0. The van der Waals surface area contributed by atoms with Gasteiger partial charge in [-0.2, -0.15) is 0 Å². The first kappa shape index (κ1) is 26.8. The fourth-order valence-corrected chi connectivity index (χ4v) is 3.87. The zero-order valence-corrected chi connectivity index (χ0v) is 20.5. The van der Waals surface area contributed by atoms with Gasteiger partial charge in [0, 0.05) is 42.8 Å². The van der Waals surface area contributed by atoms with Gasteiger partial charge in [-0.25, -0.2) is 14.4 Å². The van der Waals surface area contributed by atoms with Crippen LogP contribution in [0.3, 0.4) is 0 Å². The zero-order valence-electron chi connectivity index (χ0n) is 20.5. The molecule has 0 amide bonds. The Morgan fingerprint density at radius 1 is 1.24 bits per heavy atom. The molecule has 1 N–H and O–H groups in total. The van der Waals surface area contributed by atoms with Gasteiger partial charge in [0.1, 0.15) is 12.1 Å². The Labute approximate surface area is 204 Å². The molecule has 1 aromatic heterocycles. The van der Waals surface area contributed by atoms with Crippen LogP contribution >= 0.6 is 0 Å². The number of rotatable bonds is 10. The molecule has 1 saturated heterocycles. The van der Waals surface area contributed by atoms with E-state index < -0.39 is 0 Å². The summed E-state index contributed by atoms with van der Waals surface area (Å²) < 4.78 is 12.8. The van der Waals surface area contributed by atoms with Crippen LogP contribution in [-0.4, -0.2) is 34.0 Å². The Morgan fingerprint density at radius 3 is 2.59 bits per heavy atom. The van der Waals surface area contributed by atoms with Gasteiger partial charge in [0.25, 0.3) is 0 Å². The molecule has 0 aliphatic carbocycles. The molecule has 4 nitrogen and oxygen atoms in total. The SMILES string of the molecule is C=C/C=C(\C=C)CNC(=C)C1CCCN1C(=C)Cc1ccncn1.CC(C)c1ccccc1F. The number of benzene rings is 1. The molecule has 2 heterocycles. The number of halogens is 1.